The SMILES string of the molecule is CCN(CC)C(=O)C1Cc2ccccc2CN1.Cl. The number of carbonyl (C=O) groups excluding carboxylic acids is 1. The number of carbonyl (C=O) groups is 1. The molecule has 0 saturated heterocycles. The molecule has 100 valence electrons. The maximum Gasteiger partial charge on any atom is 0.240 e. The fourth-order valence-electron chi connectivity index (χ4n) is 2.38. The van der Waals surface area contributed by atoms with Gasteiger partial charge in [-0.05, 0) is 31.4 Å². The zero-order valence-electron chi connectivity index (χ0n) is 11.0. The predicted molar refractivity (Wildman–Crippen MR) is 75.9 cm³/mol. The third-order valence-electron chi connectivity index (χ3n) is 3.45. The Balaban J connectivity index is 0.00000162. The van der Waals surface area contributed by atoms with Crippen molar-refractivity contribution in [3.8, 4) is 0 Å². The van der Waals surface area contributed by atoms with E-state index in [9.17, 15) is 4.79 Å². The van der Waals surface area contributed by atoms with E-state index < -0.39 is 0 Å². The first kappa shape index (κ1) is 15.0. The van der Waals surface area contributed by atoms with E-state index >= 15 is 0 Å². The molecule has 0 radical (unpaired) electrons. The largest absolute Gasteiger partial charge is 0.342 e. The van der Waals surface area contributed by atoms with Crippen molar-refractivity contribution in [2.24, 2.45) is 0 Å². The number of amides is 1. The van der Waals surface area contributed by atoms with Crippen LogP contribution in [0, 0.1) is 0 Å². The second-order valence-corrected chi connectivity index (χ2v) is 4.42. The summed E-state index contributed by atoms with van der Waals surface area (Å²) in [6, 6.07) is 8.29. The van der Waals surface area contributed by atoms with Crippen molar-refractivity contribution in [2.45, 2.75) is 32.9 Å². The first-order chi connectivity index (χ1) is 8.26. The van der Waals surface area contributed by atoms with Gasteiger partial charge >= 0.3 is 0 Å². The Hall–Kier alpha value is -1.06. The van der Waals surface area contributed by atoms with Gasteiger partial charge in [-0.3, -0.25) is 4.79 Å². The van der Waals surface area contributed by atoms with E-state index in [1.54, 1.807) is 0 Å². The zero-order valence-corrected chi connectivity index (χ0v) is 11.8. The molecule has 1 aliphatic rings. The number of fused-ring (bicyclic) bond motifs is 1. The number of rotatable bonds is 3. The molecule has 18 heavy (non-hydrogen) atoms. The summed E-state index contributed by atoms with van der Waals surface area (Å²) in [6.07, 6.45) is 0.811. The van der Waals surface area contributed by atoms with Crippen LogP contribution in [0.15, 0.2) is 24.3 Å². The average molecular weight is 269 g/mol. The molecular weight excluding hydrogens is 248 g/mol. The standard InChI is InChI=1S/C14H20N2O.ClH/c1-3-16(4-2)14(17)13-9-11-7-5-6-8-12(11)10-15-13;/h5-8,13,15H,3-4,9-10H2,1-2H3;1H. The average Bonchev–Trinajstić information content (AvgIpc) is 2.39. The fraction of sp³-hybridized carbons (Fsp3) is 0.500. The number of hydrogen-bond donors (Lipinski definition) is 1. The smallest absolute Gasteiger partial charge is 0.240 e. The van der Waals surface area contributed by atoms with Crippen molar-refractivity contribution in [1.82, 2.24) is 10.2 Å². The number of nitrogens with one attached hydrogen (secondary N) is 1. The van der Waals surface area contributed by atoms with Crippen LogP contribution in [0.3, 0.4) is 0 Å². The van der Waals surface area contributed by atoms with Crippen LogP contribution in [0.2, 0.25) is 0 Å². The number of likely N-dealkylation sites (N-methyl/N-ethyl adjacent to an activating group) is 1. The second-order valence-electron chi connectivity index (χ2n) is 4.42. The first-order valence-corrected chi connectivity index (χ1v) is 6.35. The lowest BCUT2D eigenvalue weighted by molar-refractivity contribution is -0.133. The molecule has 1 aromatic carbocycles. The molecule has 0 aromatic heterocycles. The lowest BCUT2D eigenvalue weighted by atomic mass is 9.95. The molecule has 1 aliphatic heterocycles. The monoisotopic (exact) mass is 268 g/mol. The van der Waals surface area contributed by atoms with Crippen LogP contribution >= 0.6 is 12.4 Å². The molecule has 0 spiro atoms. The van der Waals surface area contributed by atoms with Crippen LogP contribution in [0.25, 0.3) is 0 Å². The van der Waals surface area contributed by atoms with Gasteiger partial charge in [-0.1, -0.05) is 24.3 Å². The van der Waals surface area contributed by atoms with E-state index in [-0.39, 0.29) is 24.4 Å². The number of nitrogens with zero attached hydrogens (tertiary/aromatic N) is 1. The summed E-state index contributed by atoms with van der Waals surface area (Å²) in [5.41, 5.74) is 2.62. The van der Waals surface area contributed by atoms with Gasteiger partial charge in [0.15, 0.2) is 0 Å². The molecular formula is C14H21ClN2O. The molecule has 0 fully saturated rings. The summed E-state index contributed by atoms with van der Waals surface area (Å²) in [5.74, 6) is 0.226. The summed E-state index contributed by atoms with van der Waals surface area (Å²) in [6.45, 7) is 6.43. The third kappa shape index (κ3) is 3.03. The summed E-state index contributed by atoms with van der Waals surface area (Å²) in [7, 11) is 0. The minimum Gasteiger partial charge on any atom is -0.342 e. The van der Waals surface area contributed by atoms with E-state index in [0.717, 1.165) is 26.1 Å². The van der Waals surface area contributed by atoms with Crippen molar-refractivity contribution >= 4 is 18.3 Å². The number of benzene rings is 1. The molecule has 3 nitrogen and oxygen atoms in total. The van der Waals surface area contributed by atoms with Crippen molar-refractivity contribution in [3.05, 3.63) is 35.4 Å². The molecule has 0 bridgehead atoms. The first-order valence-electron chi connectivity index (χ1n) is 6.35. The van der Waals surface area contributed by atoms with E-state index in [2.05, 4.69) is 17.4 Å². The lowest BCUT2D eigenvalue weighted by Crippen LogP contribution is -2.49. The van der Waals surface area contributed by atoms with Crippen LogP contribution in [-0.4, -0.2) is 29.9 Å². The van der Waals surface area contributed by atoms with Crippen molar-refractivity contribution < 1.29 is 4.79 Å². The maximum atomic E-state index is 12.2. The van der Waals surface area contributed by atoms with Gasteiger partial charge in [0.2, 0.25) is 5.91 Å². The molecule has 0 saturated carbocycles. The Kier molecular flexibility index (Phi) is 5.63. The van der Waals surface area contributed by atoms with Gasteiger partial charge < -0.3 is 10.2 Å². The van der Waals surface area contributed by atoms with Gasteiger partial charge in [0.1, 0.15) is 0 Å². The Morgan fingerprint density at radius 2 is 1.89 bits per heavy atom. The van der Waals surface area contributed by atoms with Crippen LogP contribution in [-0.2, 0) is 17.8 Å². The Morgan fingerprint density at radius 3 is 2.50 bits per heavy atom. The lowest BCUT2D eigenvalue weighted by Gasteiger charge is -2.29. The quantitative estimate of drug-likeness (QED) is 0.909. The number of halogens is 1. The van der Waals surface area contributed by atoms with Crippen LogP contribution in [0.5, 0.6) is 0 Å². The summed E-state index contributed by atoms with van der Waals surface area (Å²) < 4.78 is 0. The van der Waals surface area contributed by atoms with E-state index in [1.807, 2.05) is 30.9 Å². The van der Waals surface area contributed by atoms with E-state index in [4.69, 9.17) is 0 Å². The van der Waals surface area contributed by atoms with E-state index in [1.165, 1.54) is 11.1 Å². The van der Waals surface area contributed by atoms with Gasteiger partial charge in [-0.15, -0.1) is 12.4 Å². The summed E-state index contributed by atoms with van der Waals surface area (Å²) in [5, 5.41) is 3.33. The highest BCUT2D eigenvalue weighted by Gasteiger charge is 2.26. The Bertz CT molecular complexity index is 405. The van der Waals surface area contributed by atoms with Crippen molar-refractivity contribution in [1.29, 1.82) is 0 Å². The van der Waals surface area contributed by atoms with Gasteiger partial charge in [-0.2, -0.15) is 0 Å². The summed E-state index contributed by atoms with van der Waals surface area (Å²) >= 11 is 0. The normalized spacial score (nSPS) is 17.6. The fourth-order valence-corrected chi connectivity index (χ4v) is 2.38. The van der Waals surface area contributed by atoms with Crippen molar-refractivity contribution in [2.75, 3.05) is 13.1 Å². The highest BCUT2D eigenvalue weighted by Crippen LogP contribution is 2.17. The van der Waals surface area contributed by atoms with Crippen LogP contribution < -0.4 is 5.32 Å². The summed E-state index contributed by atoms with van der Waals surface area (Å²) in [4.78, 5) is 14.1. The molecule has 1 heterocycles. The number of hydrogen-bond acceptors (Lipinski definition) is 2. The highest BCUT2D eigenvalue weighted by atomic mass is 35.5. The second kappa shape index (κ2) is 6.76. The molecule has 0 aliphatic carbocycles. The topological polar surface area (TPSA) is 32.3 Å². The highest BCUT2D eigenvalue weighted by molar-refractivity contribution is 5.85. The minimum absolute atomic E-state index is 0. The molecule has 1 atom stereocenters. The maximum absolute atomic E-state index is 12.2. The van der Waals surface area contributed by atoms with Gasteiger partial charge in [0, 0.05) is 19.6 Å². The van der Waals surface area contributed by atoms with Crippen LogP contribution in [0.1, 0.15) is 25.0 Å². The van der Waals surface area contributed by atoms with Gasteiger partial charge in [-0.25, -0.2) is 0 Å². The Labute approximate surface area is 115 Å². The molecule has 1 N–H and O–H groups in total. The van der Waals surface area contributed by atoms with Gasteiger partial charge in [0.05, 0.1) is 6.04 Å². The molecule has 4 heteroatoms. The zero-order chi connectivity index (χ0) is 12.3. The van der Waals surface area contributed by atoms with Gasteiger partial charge in [0.25, 0.3) is 0 Å². The van der Waals surface area contributed by atoms with Crippen molar-refractivity contribution in [3.63, 3.8) is 0 Å². The Morgan fingerprint density at radius 1 is 1.28 bits per heavy atom. The molecule has 1 unspecified atom stereocenters. The molecule has 2 rings (SSSR count). The van der Waals surface area contributed by atoms with Crippen LogP contribution in [0.4, 0.5) is 0 Å². The molecule has 1 amide bonds. The third-order valence-corrected chi connectivity index (χ3v) is 3.45. The minimum atomic E-state index is -0.0511. The molecule has 1 aromatic rings. The van der Waals surface area contributed by atoms with E-state index in [0.29, 0.717) is 0 Å². The predicted octanol–water partition coefficient (Wildman–Crippen LogP) is 1.99.